The summed E-state index contributed by atoms with van der Waals surface area (Å²) in [6, 6.07) is 1.87. The van der Waals surface area contributed by atoms with Crippen molar-refractivity contribution in [3.63, 3.8) is 0 Å². The number of hydrogen-bond donors (Lipinski definition) is 2. The minimum Gasteiger partial charge on any atom is -0.369 e. The average molecular weight is 240 g/mol. The van der Waals surface area contributed by atoms with Gasteiger partial charge in [-0.2, -0.15) is 0 Å². The molecule has 2 N–H and O–H groups in total. The predicted molar refractivity (Wildman–Crippen MR) is 61.9 cm³/mol. The van der Waals surface area contributed by atoms with Gasteiger partial charge in [-0.05, 0) is 18.6 Å². The van der Waals surface area contributed by atoms with Crippen LogP contribution in [0.2, 0.25) is 0 Å². The number of fused-ring (bicyclic) bond motifs is 1. The lowest BCUT2D eigenvalue weighted by Crippen LogP contribution is -2.39. The molecule has 1 aliphatic rings. The number of benzene rings is 1. The monoisotopic (exact) mass is 240 g/mol. The van der Waals surface area contributed by atoms with Gasteiger partial charge in [-0.3, -0.25) is 4.79 Å². The van der Waals surface area contributed by atoms with E-state index in [1.165, 1.54) is 6.07 Å². The molecule has 0 radical (unpaired) electrons. The Morgan fingerprint density at radius 3 is 2.82 bits per heavy atom. The Kier molecular flexibility index (Phi) is 3.26. The smallest absolute Gasteiger partial charge is 0.246 e. The third kappa shape index (κ3) is 2.23. The maximum absolute atomic E-state index is 13.5. The Balaban J connectivity index is 2.26. The van der Waals surface area contributed by atoms with Crippen molar-refractivity contribution in [3.05, 3.63) is 23.8 Å². The summed E-state index contributed by atoms with van der Waals surface area (Å²) in [6.07, 6.45) is 2.42. The van der Waals surface area contributed by atoms with E-state index in [9.17, 15) is 13.6 Å². The number of amides is 1. The van der Waals surface area contributed by atoms with Gasteiger partial charge >= 0.3 is 0 Å². The molecule has 1 aromatic rings. The molecule has 5 heteroatoms. The van der Waals surface area contributed by atoms with Crippen LogP contribution in [0, 0.1) is 11.6 Å². The highest BCUT2D eigenvalue weighted by molar-refractivity contribution is 6.02. The van der Waals surface area contributed by atoms with Gasteiger partial charge < -0.3 is 10.6 Å². The molecular weight excluding hydrogens is 226 g/mol. The van der Waals surface area contributed by atoms with Gasteiger partial charge in [0, 0.05) is 0 Å². The highest BCUT2D eigenvalue weighted by atomic mass is 19.2. The summed E-state index contributed by atoms with van der Waals surface area (Å²) in [4.78, 5) is 11.7. The van der Waals surface area contributed by atoms with Crippen LogP contribution in [0.3, 0.4) is 0 Å². The summed E-state index contributed by atoms with van der Waals surface area (Å²) in [5.41, 5.74) is 0.340. The number of hydrogen-bond acceptors (Lipinski definition) is 2. The number of unbranched alkanes of at least 4 members (excludes halogenated alkanes) is 1. The zero-order valence-corrected chi connectivity index (χ0v) is 9.52. The first-order valence-electron chi connectivity index (χ1n) is 5.69. The van der Waals surface area contributed by atoms with Crippen molar-refractivity contribution >= 4 is 17.3 Å². The number of anilines is 2. The lowest BCUT2D eigenvalue weighted by molar-refractivity contribution is -0.117. The second kappa shape index (κ2) is 4.69. The fourth-order valence-corrected chi connectivity index (χ4v) is 1.87. The van der Waals surface area contributed by atoms with Crippen molar-refractivity contribution in [2.24, 2.45) is 0 Å². The molecule has 92 valence electrons. The minimum atomic E-state index is -0.941. The van der Waals surface area contributed by atoms with E-state index in [1.54, 1.807) is 0 Å². The maximum atomic E-state index is 13.5. The SMILES string of the molecule is CCCCC1Nc2c(ccc(F)c2F)NC1=O. The summed E-state index contributed by atoms with van der Waals surface area (Å²) < 4.78 is 26.6. The molecule has 17 heavy (non-hydrogen) atoms. The zero-order chi connectivity index (χ0) is 12.4. The highest BCUT2D eigenvalue weighted by Gasteiger charge is 2.27. The fourth-order valence-electron chi connectivity index (χ4n) is 1.87. The number of carbonyl (C=O) groups is 1. The third-order valence-corrected chi connectivity index (χ3v) is 2.83. The first kappa shape index (κ1) is 11.8. The largest absolute Gasteiger partial charge is 0.369 e. The summed E-state index contributed by atoms with van der Waals surface area (Å²) in [7, 11) is 0. The topological polar surface area (TPSA) is 41.1 Å². The third-order valence-electron chi connectivity index (χ3n) is 2.83. The quantitative estimate of drug-likeness (QED) is 0.853. The van der Waals surface area contributed by atoms with Gasteiger partial charge in [0.15, 0.2) is 11.6 Å². The molecular formula is C12H14F2N2O. The van der Waals surface area contributed by atoms with Crippen molar-refractivity contribution in [3.8, 4) is 0 Å². The molecule has 1 aliphatic heterocycles. The van der Waals surface area contributed by atoms with Crippen LogP contribution in [0.25, 0.3) is 0 Å². The lowest BCUT2D eigenvalue weighted by atomic mass is 10.1. The van der Waals surface area contributed by atoms with Crippen molar-refractivity contribution in [1.82, 2.24) is 0 Å². The molecule has 1 amide bonds. The first-order valence-corrected chi connectivity index (χ1v) is 5.69. The summed E-state index contributed by atoms with van der Waals surface area (Å²) >= 11 is 0. The Morgan fingerprint density at radius 1 is 1.35 bits per heavy atom. The highest BCUT2D eigenvalue weighted by Crippen LogP contribution is 2.31. The summed E-state index contributed by atoms with van der Waals surface area (Å²) in [5.74, 6) is -2.05. The van der Waals surface area contributed by atoms with Crippen LogP contribution in [0.15, 0.2) is 12.1 Å². The maximum Gasteiger partial charge on any atom is 0.246 e. The van der Waals surface area contributed by atoms with Crippen molar-refractivity contribution in [1.29, 1.82) is 0 Å². The van der Waals surface area contributed by atoms with Crippen molar-refractivity contribution in [2.75, 3.05) is 10.6 Å². The van der Waals surface area contributed by atoms with Crippen LogP contribution >= 0.6 is 0 Å². The van der Waals surface area contributed by atoms with Crippen molar-refractivity contribution in [2.45, 2.75) is 32.2 Å². The van der Waals surface area contributed by atoms with Gasteiger partial charge in [-0.15, -0.1) is 0 Å². The molecule has 0 spiro atoms. The standard InChI is InChI=1S/C12H14F2N2O/c1-2-3-4-9-12(17)16-8-6-5-7(13)10(14)11(8)15-9/h5-6,9,15H,2-4H2,1H3,(H,16,17). The number of rotatable bonds is 3. The fraction of sp³-hybridized carbons (Fsp3) is 0.417. The molecule has 0 fully saturated rings. The Labute approximate surface area is 98.2 Å². The van der Waals surface area contributed by atoms with E-state index in [0.29, 0.717) is 12.1 Å². The van der Waals surface area contributed by atoms with Crippen LogP contribution in [-0.2, 0) is 4.79 Å². The number of halogens is 2. The van der Waals surface area contributed by atoms with E-state index < -0.39 is 17.7 Å². The predicted octanol–water partition coefficient (Wildman–Crippen LogP) is 2.89. The lowest BCUT2D eigenvalue weighted by Gasteiger charge is -2.27. The van der Waals surface area contributed by atoms with Gasteiger partial charge in [-0.1, -0.05) is 19.8 Å². The van der Waals surface area contributed by atoms with Gasteiger partial charge in [0.05, 0.1) is 11.4 Å². The van der Waals surface area contributed by atoms with E-state index in [2.05, 4.69) is 10.6 Å². The molecule has 0 bridgehead atoms. The van der Waals surface area contributed by atoms with Gasteiger partial charge in [0.2, 0.25) is 5.91 Å². The molecule has 2 rings (SSSR count). The second-order valence-electron chi connectivity index (χ2n) is 4.11. The molecule has 0 aromatic heterocycles. The molecule has 1 heterocycles. The van der Waals surface area contributed by atoms with Crippen LogP contribution < -0.4 is 10.6 Å². The first-order chi connectivity index (χ1) is 8.13. The summed E-state index contributed by atoms with van der Waals surface area (Å²) in [6.45, 7) is 2.01. The van der Waals surface area contributed by atoms with Gasteiger partial charge in [-0.25, -0.2) is 8.78 Å². The van der Waals surface area contributed by atoms with Crippen molar-refractivity contribution < 1.29 is 13.6 Å². The Morgan fingerprint density at radius 2 is 2.12 bits per heavy atom. The second-order valence-corrected chi connectivity index (χ2v) is 4.11. The van der Waals surface area contributed by atoms with Crippen LogP contribution in [0.1, 0.15) is 26.2 Å². The minimum absolute atomic E-state index is 0.0469. The molecule has 3 nitrogen and oxygen atoms in total. The number of carbonyl (C=O) groups excluding carboxylic acids is 1. The molecule has 0 saturated heterocycles. The van der Waals surface area contributed by atoms with Crippen LogP contribution in [0.5, 0.6) is 0 Å². The molecule has 0 aliphatic carbocycles. The normalized spacial score (nSPS) is 18.3. The number of nitrogens with one attached hydrogen (secondary N) is 2. The molecule has 1 atom stereocenters. The zero-order valence-electron chi connectivity index (χ0n) is 9.52. The molecule has 1 aromatic carbocycles. The molecule has 1 unspecified atom stereocenters. The van der Waals surface area contributed by atoms with E-state index in [-0.39, 0.29) is 11.6 Å². The van der Waals surface area contributed by atoms with E-state index in [1.807, 2.05) is 6.92 Å². The molecule has 0 saturated carbocycles. The van der Waals surface area contributed by atoms with Crippen LogP contribution in [0.4, 0.5) is 20.2 Å². The van der Waals surface area contributed by atoms with Gasteiger partial charge in [0.1, 0.15) is 6.04 Å². The average Bonchev–Trinajstić information content (AvgIpc) is 2.32. The van der Waals surface area contributed by atoms with E-state index in [4.69, 9.17) is 0 Å². The van der Waals surface area contributed by atoms with E-state index in [0.717, 1.165) is 18.9 Å². The van der Waals surface area contributed by atoms with Crippen LogP contribution in [-0.4, -0.2) is 11.9 Å². The summed E-state index contributed by atoms with van der Waals surface area (Å²) in [5, 5.41) is 5.34. The van der Waals surface area contributed by atoms with E-state index >= 15 is 0 Å². The van der Waals surface area contributed by atoms with Gasteiger partial charge in [0.25, 0.3) is 0 Å². The Bertz CT molecular complexity index is 448. The Hall–Kier alpha value is -1.65.